The van der Waals surface area contributed by atoms with Crippen LogP contribution in [0.25, 0.3) is 0 Å². The normalized spacial score (nSPS) is 12.6. The van der Waals surface area contributed by atoms with E-state index in [1.54, 1.807) is 0 Å². The van der Waals surface area contributed by atoms with Gasteiger partial charge < -0.3 is 4.55 Å². The summed E-state index contributed by atoms with van der Waals surface area (Å²) in [5.41, 5.74) is 0. The standard InChI is InChI=1S/C28H58O4S.K/c1-3-5-7-9-11-12-13-14-15-16-17-18-19-20-22-24-26-28(27-32-33(29,30)31)25-23-21-10-8-6-4-2;/h28H,3-27H2,1-2H3,(H,29,30,31);/q;+1/p-1. The van der Waals surface area contributed by atoms with Crippen LogP contribution >= 0.6 is 0 Å². The molecule has 0 saturated heterocycles. The minimum atomic E-state index is -4.57. The maximum absolute atomic E-state index is 10.8. The number of hydrogen-bond acceptors (Lipinski definition) is 4. The molecule has 0 aromatic rings. The van der Waals surface area contributed by atoms with Gasteiger partial charge in [-0.15, -0.1) is 0 Å². The van der Waals surface area contributed by atoms with Crippen LogP contribution in [0.15, 0.2) is 0 Å². The van der Waals surface area contributed by atoms with Gasteiger partial charge in [0.05, 0.1) is 6.61 Å². The Labute approximate surface area is 256 Å². The van der Waals surface area contributed by atoms with Crippen LogP contribution in [-0.2, 0) is 14.6 Å². The van der Waals surface area contributed by atoms with Crippen molar-refractivity contribution in [2.24, 2.45) is 5.92 Å². The summed E-state index contributed by atoms with van der Waals surface area (Å²) in [6.45, 7) is 4.56. The maximum Gasteiger partial charge on any atom is 1.00 e. The van der Waals surface area contributed by atoms with E-state index in [1.165, 1.54) is 128 Å². The van der Waals surface area contributed by atoms with Crippen molar-refractivity contribution >= 4 is 10.4 Å². The molecule has 0 bridgehead atoms. The van der Waals surface area contributed by atoms with Crippen LogP contribution in [0.4, 0.5) is 0 Å². The Hall–Kier alpha value is 1.51. The van der Waals surface area contributed by atoms with Gasteiger partial charge >= 0.3 is 51.4 Å². The Kier molecular flexibility index (Phi) is 32.2. The van der Waals surface area contributed by atoms with Crippen molar-refractivity contribution in [1.82, 2.24) is 0 Å². The molecular formula is C28H57KO4S. The second-order valence-corrected chi connectivity index (χ2v) is 11.3. The predicted octanol–water partition coefficient (Wildman–Crippen LogP) is 6.49. The number of hydrogen-bond donors (Lipinski definition) is 0. The van der Waals surface area contributed by atoms with Crippen molar-refractivity contribution in [3.05, 3.63) is 0 Å². The molecule has 0 aromatic heterocycles. The van der Waals surface area contributed by atoms with Crippen LogP contribution in [0, 0.1) is 5.92 Å². The fraction of sp³-hybridized carbons (Fsp3) is 1.00. The molecule has 1 unspecified atom stereocenters. The predicted molar refractivity (Wildman–Crippen MR) is 141 cm³/mol. The maximum atomic E-state index is 10.8. The van der Waals surface area contributed by atoms with E-state index in [1.807, 2.05) is 0 Å². The minimum absolute atomic E-state index is 0. The van der Waals surface area contributed by atoms with Gasteiger partial charge in [-0.1, -0.05) is 155 Å². The Balaban J connectivity index is 0. The molecule has 0 saturated carbocycles. The summed E-state index contributed by atoms with van der Waals surface area (Å²) < 4.78 is 37.1. The van der Waals surface area contributed by atoms with Crippen LogP contribution in [0.1, 0.15) is 168 Å². The molecule has 0 aliphatic carbocycles. The molecule has 0 aliphatic heterocycles. The largest absolute Gasteiger partial charge is 1.00 e. The average Bonchev–Trinajstić information content (AvgIpc) is 2.78. The summed E-state index contributed by atoms with van der Waals surface area (Å²) in [5, 5.41) is 0. The van der Waals surface area contributed by atoms with Gasteiger partial charge in [0.15, 0.2) is 0 Å². The number of rotatable bonds is 27. The molecule has 0 spiro atoms. The van der Waals surface area contributed by atoms with Gasteiger partial charge in [-0.3, -0.25) is 4.18 Å². The van der Waals surface area contributed by atoms with E-state index in [0.29, 0.717) is 0 Å². The first-order chi connectivity index (χ1) is 16.0. The Morgan fingerprint density at radius 3 is 1.06 bits per heavy atom. The van der Waals surface area contributed by atoms with Gasteiger partial charge in [0.25, 0.3) is 0 Å². The first kappa shape index (κ1) is 37.7. The Morgan fingerprint density at radius 1 is 0.529 bits per heavy atom. The van der Waals surface area contributed by atoms with Crippen LogP contribution < -0.4 is 51.4 Å². The summed E-state index contributed by atoms with van der Waals surface area (Å²) in [6.07, 6.45) is 31.0. The third kappa shape index (κ3) is 31.5. The molecule has 0 rings (SSSR count). The summed E-state index contributed by atoms with van der Waals surface area (Å²) in [7, 11) is -4.57. The average molecular weight is 529 g/mol. The molecule has 0 amide bonds. The molecular weight excluding hydrogens is 471 g/mol. The molecule has 0 aromatic carbocycles. The second kappa shape index (κ2) is 29.1. The quantitative estimate of drug-likeness (QED) is 0.0529. The third-order valence-corrected chi connectivity index (χ3v) is 7.30. The summed E-state index contributed by atoms with van der Waals surface area (Å²) in [5.74, 6) is 0.201. The van der Waals surface area contributed by atoms with Gasteiger partial charge in [0.2, 0.25) is 10.4 Å². The van der Waals surface area contributed by atoms with E-state index in [0.717, 1.165) is 25.7 Å². The first-order valence-corrected chi connectivity index (χ1v) is 15.9. The van der Waals surface area contributed by atoms with Crippen LogP contribution in [0.2, 0.25) is 0 Å². The van der Waals surface area contributed by atoms with E-state index >= 15 is 0 Å². The van der Waals surface area contributed by atoms with Crippen LogP contribution in [0.3, 0.4) is 0 Å². The van der Waals surface area contributed by atoms with Crippen molar-refractivity contribution in [3.63, 3.8) is 0 Å². The Bertz CT molecular complexity index is 485. The van der Waals surface area contributed by atoms with Gasteiger partial charge in [-0.25, -0.2) is 8.42 Å². The molecule has 0 aliphatic rings. The van der Waals surface area contributed by atoms with Crippen molar-refractivity contribution in [3.8, 4) is 0 Å². The monoisotopic (exact) mass is 528 g/mol. The van der Waals surface area contributed by atoms with E-state index in [9.17, 15) is 13.0 Å². The zero-order valence-electron chi connectivity index (χ0n) is 23.3. The van der Waals surface area contributed by atoms with Gasteiger partial charge in [-0.2, -0.15) is 0 Å². The zero-order valence-corrected chi connectivity index (χ0v) is 27.2. The molecule has 0 radical (unpaired) electrons. The Morgan fingerprint density at radius 2 is 0.794 bits per heavy atom. The van der Waals surface area contributed by atoms with E-state index in [4.69, 9.17) is 0 Å². The summed E-state index contributed by atoms with van der Waals surface area (Å²) >= 11 is 0. The third-order valence-electron chi connectivity index (χ3n) is 6.88. The minimum Gasteiger partial charge on any atom is -0.726 e. The molecule has 0 N–H and O–H groups in total. The molecule has 0 heterocycles. The van der Waals surface area contributed by atoms with Crippen molar-refractivity contribution in [2.45, 2.75) is 168 Å². The molecule has 4 nitrogen and oxygen atoms in total. The fourth-order valence-electron chi connectivity index (χ4n) is 4.69. The summed E-state index contributed by atoms with van der Waals surface area (Å²) in [4.78, 5) is 0. The smallest absolute Gasteiger partial charge is 0.726 e. The molecule has 0 fully saturated rings. The summed E-state index contributed by atoms with van der Waals surface area (Å²) in [6, 6.07) is 0. The van der Waals surface area contributed by atoms with E-state index in [-0.39, 0.29) is 63.9 Å². The topological polar surface area (TPSA) is 66.4 Å². The fourth-order valence-corrected chi connectivity index (χ4v) is 5.04. The van der Waals surface area contributed by atoms with Gasteiger partial charge in [0.1, 0.15) is 0 Å². The van der Waals surface area contributed by atoms with E-state index < -0.39 is 10.4 Å². The molecule has 34 heavy (non-hydrogen) atoms. The van der Waals surface area contributed by atoms with Crippen molar-refractivity contribution in [1.29, 1.82) is 0 Å². The molecule has 1 atom stereocenters. The van der Waals surface area contributed by atoms with Gasteiger partial charge in [-0.05, 0) is 18.8 Å². The SMILES string of the molecule is CCCCCCCCCCCCCCCCCCC(CCCCCCCC)COS(=O)(=O)[O-].[K+]. The van der Waals surface area contributed by atoms with Gasteiger partial charge in [0, 0.05) is 0 Å². The van der Waals surface area contributed by atoms with E-state index in [2.05, 4.69) is 18.0 Å². The number of unbranched alkanes of at least 4 members (excludes halogenated alkanes) is 20. The van der Waals surface area contributed by atoms with Crippen molar-refractivity contribution < 1.29 is 68.5 Å². The first-order valence-electron chi connectivity index (χ1n) is 14.6. The zero-order chi connectivity index (χ0) is 24.5. The van der Waals surface area contributed by atoms with Crippen LogP contribution in [-0.4, -0.2) is 19.6 Å². The van der Waals surface area contributed by atoms with Crippen molar-refractivity contribution in [2.75, 3.05) is 6.61 Å². The van der Waals surface area contributed by atoms with Crippen LogP contribution in [0.5, 0.6) is 0 Å². The molecule has 6 heteroatoms. The molecule has 200 valence electrons. The second-order valence-electron chi connectivity index (χ2n) is 10.2.